The Balaban J connectivity index is 3.09. The van der Waals surface area contributed by atoms with Gasteiger partial charge in [0.1, 0.15) is 0 Å². The van der Waals surface area contributed by atoms with Gasteiger partial charge in [-0.15, -0.1) is 0 Å². The Hall–Kier alpha value is -0.0200. The number of anilines is 1. The zero-order valence-electron chi connectivity index (χ0n) is 12.4. The largest absolute Gasteiger partial charge is 0.367 e. The summed E-state index contributed by atoms with van der Waals surface area (Å²) in [6.07, 6.45) is 2.38. The molecule has 0 aromatic heterocycles. The first-order valence-electron chi connectivity index (χ1n) is 7.14. The van der Waals surface area contributed by atoms with Crippen molar-refractivity contribution in [2.75, 3.05) is 11.4 Å². The second-order valence-corrected chi connectivity index (χ2v) is 6.85. The van der Waals surface area contributed by atoms with E-state index < -0.39 is 0 Å². The molecule has 0 radical (unpaired) electrons. The van der Waals surface area contributed by atoms with Crippen molar-refractivity contribution < 1.29 is 0 Å². The molecule has 0 aliphatic carbocycles. The predicted octanol–water partition coefficient (Wildman–Crippen LogP) is 6.00. The molecule has 0 aliphatic heterocycles. The Morgan fingerprint density at radius 3 is 2.21 bits per heavy atom. The van der Waals surface area contributed by atoms with Gasteiger partial charge in [0.25, 0.3) is 0 Å². The van der Waals surface area contributed by atoms with Crippen molar-refractivity contribution in [3.63, 3.8) is 0 Å². The average Bonchev–Trinajstić information content (AvgIpc) is 2.38. The first kappa shape index (κ1) is 17.0. The van der Waals surface area contributed by atoms with Crippen LogP contribution in [-0.2, 0) is 5.33 Å². The third-order valence-electron chi connectivity index (χ3n) is 3.42. The maximum absolute atomic E-state index is 3.74. The fourth-order valence-electron chi connectivity index (χ4n) is 2.43. The third-order valence-corrected chi connectivity index (χ3v) is 4.70. The van der Waals surface area contributed by atoms with Gasteiger partial charge >= 0.3 is 0 Å². The Kier molecular flexibility index (Phi) is 7.45. The number of hydrogen-bond acceptors (Lipinski definition) is 1. The molecule has 0 heterocycles. The maximum atomic E-state index is 3.74. The van der Waals surface area contributed by atoms with Crippen LogP contribution in [0, 0.1) is 5.92 Å². The van der Waals surface area contributed by atoms with E-state index in [2.05, 4.69) is 82.7 Å². The Morgan fingerprint density at radius 1 is 1.16 bits per heavy atom. The Morgan fingerprint density at radius 2 is 1.79 bits per heavy atom. The van der Waals surface area contributed by atoms with Crippen LogP contribution < -0.4 is 4.90 Å². The quantitative estimate of drug-likeness (QED) is 0.516. The average molecular weight is 391 g/mol. The molecule has 1 nitrogen and oxygen atoms in total. The van der Waals surface area contributed by atoms with Gasteiger partial charge in [-0.05, 0) is 52.4 Å². The zero-order valence-corrected chi connectivity index (χ0v) is 15.6. The summed E-state index contributed by atoms with van der Waals surface area (Å²) in [5.74, 6) is 0.670. The molecule has 0 N–H and O–H groups in total. The molecular formula is C16H25Br2N. The minimum absolute atomic E-state index is 0.619. The fraction of sp³-hybridized carbons (Fsp3) is 0.625. The summed E-state index contributed by atoms with van der Waals surface area (Å²) in [6.45, 7) is 10.2. The molecule has 0 fully saturated rings. The lowest BCUT2D eigenvalue weighted by molar-refractivity contribution is 0.507. The van der Waals surface area contributed by atoms with Crippen LogP contribution in [-0.4, -0.2) is 12.6 Å². The van der Waals surface area contributed by atoms with Crippen molar-refractivity contribution >= 4 is 37.5 Å². The molecule has 0 bridgehead atoms. The van der Waals surface area contributed by atoms with Crippen LogP contribution in [0.25, 0.3) is 0 Å². The van der Waals surface area contributed by atoms with Gasteiger partial charge in [-0.3, -0.25) is 0 Å². The highest BCUT2D eigenvalue weighted by Gasteiger charge is 2.19. The van der Waals surface area contributed by atoms with Gasteiger partial charge in [0.2, 0.25) is 0 Å². The van der Waals surface area contributed by atoms with E-state index >= 15 is 0 Å². The lowest BCUT2D eigenvalue weighted by Crippen LogP contribution is -2.37. The van der Waals surface area contributed by atoms with Gasteiger partial charge in [-0.25, -0.2) is 0 Å². The molecule has 108 valence electrons. The van der Waals surface area contributed by atoms with Crippen molar-refractivity contribution in [1.29, 1.82) is 0 Å². The molecule has 0 spiro atoms. The number of halogens is 2. The van der Waals surface area contributed by atoms with Crippen LogP contribution >= 0.6 is 31.9 Å². The fourth-order valence-corrected chi connectivity index (χ4v) is 3.44. The number of alkyl halides is 1. The number of hydrogen-bond donors (Lipinski definition) is 0. The molecule has 0 amide bonds. The topological polar surface area (TPSA) is 3.24 Å². The number of rotatable bonds is 7. The van der Waals surface area contributed by atoms with E-state index in [1.165, 1.54) is 28.6 Å². The van der Waals surface area contributed by atoms with Gasteiger partial charge < -0.3 is 4.90 Å². The normalized spacial score (nSPS) is 11.4. The Bertz CT molecular complexity index is 386. The minimum atomic E-state index is 0.619. The summed E-state index contributed by atoms with van der Waals surface area (Å²) >= 11 is 7.26. The van der Waals surface area contributed by atoms with Crippen molar-refractivity contribution in [2.45, 2.75) is 51.9 Å². The summed E-state index contributed by atoms with van der Waals surface area (Å²) < 4.78 is 1.21. The van der Waals surface area contributed by atoms with Crippen molar-refractivity contribution in [1.82, 2.24) is 0 Å². The van der Waals surface area contributed by atoms with E-state index in [1.807, 2.05) is 0 Å². The molecule has 3 heteroatoms. The zero-order chi connectivity index (χ0) is 14.4. The van der Waals surface area contributed by atoms with Crippen LogP contribution in [0.1, 0.15) is 46.1 Å². The molecular weight excluding hydrogens is 366 g/mol. The molecule has 0 saturated heterocycles. The van der Waals surface area contributed by atoms with E-state index in [9.17, 15) is 0 Å². The standard InChI is InChI=1S/C16H25Br2N/c1-5-14(6-2)19(11-12(3)4)16-8-7-13(10-17)9-15(16)18/h7-9,12,14H,5-6,10-11H2,1-4H3. The molecule has 1 rings (SSSR count). The van der Waals surface area contributed by atoms with Crippen LogP contribution in [0.3, 0.4) is 0 Å². The Labute approximate surface area is 135 Å². The van der Waals surface area contributed by atoms with E-state index in [0.29, 0.717) is 12.0 Å². The summed E-state index contributed by atoms with van der Waals surface area (Å²) in [5, 5.41) is 0.904. The highest BCUT2D eigenvalue weighted by molar-refractivity contribution is 9.10. The first-order valence-corrected chi connectivity index (χ1v) is 9.05. The van der Waals surface area contributed by atoms with E-state index in [0.717, 1.165) is 11.9 Å². The highest BCUT2D eigenvalue weighted by Crippen LogP contribution is 2.31. The van der Waals surface area contributed by atoms with Crippen LogP contribution in [0.2, 0.25) is 0 Å². The molecule has 0 saturated carbocycles. The second-order valence-electron chi connectivity index (χ2n) is 5.44. The summed E-state index contributed by atoms with van der Waals surface area (Å²) in [7, 11) is 0. The van der Waals surface area contributed by atoms with E-state index in [4.69, 9.17) is 0 Å². The molecule has 0 aliphatic rings. The third kappa shape index (κ3) is 4.78. The van der Waals surface area contributed by atoms with Crippen LogP contribution in [0.4, 0.5) is 5.69 Å². The SMILES string of the molecule is CCC(CC)N(CC(C)C)c1ccc(CBr)cc1Br. The van der Waals surface area contributed by atoms with Crippen LogP contribution in [0.5, 0.6) is 0 Å². The molecule has 1 aromatic carbocycles. The predicted molar refractivity (Wildman–Crippen MR) is 93.3 cm³/mol. The van der Waals surface area contributed by atoms with Gasteiger partial charge in [-0.1, -0.05) is 49.7 Å². The van der Waals surface area contributed by atoms with E-state index in [-0.39, 0.29) is 0 Å². The molecule has 0 atom stereocenters. The smallest absolute Gasteiger partial charge is 0.0513 e. The summed E-state index contributed by atoms with van der Waals surface area (Å²) in [6, 6.07) is 7.31. The van der Waals surface area contributed by atoms with Crippen molar-refractivity contribution in [3.05, 3.63) is 28.2 Å². The lowest BCUT2D eigenvalue weighted by Gasteiger charge is -2.35. The monoisotopic (exact) mass is 389 g/mol. The maximum Gasteiger partial charge on any atom is 0.0513 e. The van der Waals surface area contributed by atoms with Crippen molar-refractivity contribution in [3.8, 4) is 0 Å². The second kappa shape index (κ2) is 8.31. The highest BCUT2D eigenvalue weighted by atomic mass is 79.9. The van der Waals surface area contributed by atoms with Crippen molar-refractivity contribution in [2.24, 2.45) is 5.92 Å². The number of nitrogens with zero attached hydrogens (tertiary/aromatic N) is 1. The van der Waals surface area contributed by atoms with Gasteiger partial charge in [0, 0.05) is 22.4 Å². The van der Waals surface area contributed by atoms with Crippen LogP contribution in [0.15, 0.2) is 22.7 Å². The molecule has 0 unspecified atom stereocenters. The lowest BCUT2D eigenvalue weighted by atomic mass is 10.1. The molecule has 1 aromatic rings. The minimum Gasteiger partial charge on any atom is -0.367 e. The van der Waals surface area contributed by atoms with Gasteiger partial charge in [0.05, 0.1) is 5.69 Å². The van der Waals surface area contributed by atoms with E-state index in [1.54, 1.807) is 0 Å². The summed E-state index contributed by atoms with van der Waals surface area (Å²) in [4.78, 5) is 2.56. The first-order chi connectivity index (χ1) is 9.03. The van der Waals surface area contributed by atoms with Gasteiger partial charge in [-0.2, -0.15) is 0 Å². The van der Waals surface area contributed by atoms with Gasteiger partial charge in [0.15, 0.2) is 0 Å². The molecule has 19 heavy (non-hydrogen) atoms. The summed E-state index contributed by atoms with van der Waals surface area (Å²) in [5.41, 5.74) is 2.64. The number of benzene rings is 1.